The van der Waals surface area contributed by atoms with E-state index in [1.165, 1.54) is 23.3 Å². The van der Waals surface area contributed by atoms with Gasteiger partial charge in [0, 0.05) is 5.56 Å². The highest BCUT2D eigenvalue weighted by Crippen LogP contribution is 2.38. The van der Waals surface area contributed by atoms with Crippen molar-refractivity contribution in [1.82, 2.24) is 4.98 Å². The zero-order valence-corrected chi connectivity index (χ0v) is 21.6. The van der Waals surface area contributed by atoms with Gasteiger partial charge in [0.1, 0.15) is 5.82 Å². The lowest BCUT2D eigenvalue weighted by molar-refractivity contribution is 0.628. The number of hydrogen-bond donors (Lipinski definition) is 0. The third kappa shape index (κ3) is 5.51. The molecular weight excluding hydrogens is 541 g/mol. The van der Waals surface area contributed by atoms with E-state index in [0.29, 0.717) is 0 Å². The van der Waals surface area contributed by atoms with Crippen molar-refractivity contribution in [1.29, 1.82) is 0 Å². The van der Waals surface area contributed by atoms with E-state index in [-0.39, 0.29) is 17.7 Å². The molecular formula is C29H24Br2FN. The number of halogens is 3. The fourth-order valence-corrected chi connectivity index (χ4v) is 4.60. The third-order valence-electron chi connectivity index (χ3n) is 5.63. The Balaban J connectivity index is 2.03. The Labute approximate surface area is 211 Å². The van der Waals surface area contributed by atoms with Gasteiger partial charge in [0.15, 0.2) is 0 Å². The minimum atomic E-state index is -0.248. The van der Waals surface area contributed by atoms with Gasteiger partial charge in [-0.05, 0) is 84.3 Å². The Hall–Kier alpha value is -2.56. The molecule has 1 aromatic heterocycles. The summed E-state index contributed by atoms with van der Waals surface area (Å²) < 4.78 is 14.6. The molecule has 166 valence electrons. The van der Waals surface area contributed by atoms with Crippen LogP contribution in [0, 0.1) is 5.82 Å². The second kappa shape index (κ2) is 10.6. The van der Waals surface area contributed by atoms with E-state index in [1.54, 1.807) is 0 Å². The molecule has 0 aliphatic carbocycles. The average Bonchev–Trinajstić information content (AvgIpc) is 2.81. The van der Waals surface area contributed by atoms with E-state index < -0.39 is 0 Å². The van der Waals surface area contributed by atoms with Gasteiger partial charge in [0.2, 0.25) is 0 Å². The molecule has 0 spiro atoms. The zero-order chi connectivity index (χ0) is 23.4. The van der Waals surface area contributed by atoms with Crippen molar-refractivity contribution in [3.8, 4) is 11.1 Å². The number of benzene rings is 3. The van der Waals surface area contributed by atoms with E-state index >= 15 is 0 Å². The number of aromatic nitrogens is 1. The minimum absolute atomic E-state index is 0.0189. The first-order valence-electron chi connectivity index (χ1n) is 10.9. The van der Waals surface area contributed by atoms with Gasteiger partial charge >= 0.3 is 0 Å². The van der Waals surface area contributed by atoms with Gasteiger partial charge in [-0.3, -0.25) is 4.98 Å². The van der Waals surface area contributed by atoms with Crippen molar-refractivity contribution in [3.05, 3.63) is 128 Å². The van der Waals surface area contributed by atoms with Crippen molar-refractivity contribution < 1.29 is 4.39 Å². The van der Waals surface area contributed by atoms with Crippen LogP contribution in [0.25, 0.3) is 17.2 Å². The average molecular weight is 565 g/mol. The summed E-state index contributed by atoms with van der Waals surface area (Å²) in [7, 11) is 0. The summed E-state index contributed by atoms with van der Waals surface area (Å²) in [6.45, 7) is 4.31. The number of rotatable bonds is 6. The van der Waals surface area contributed by atoms with Crippen LogP contribution in [0.1, 0.15) is 53.8 Å². The molecule has 0 radical (unpaired) electrons. The first-order chi connectivity index (χ1) is 15.9. The van der Waals surface area contributed by atoms with E-state index in [9.17, 15) is 4.39 Å². The summed E-state index contributed by atoms with van der Waals surface area (Å²) >= 11 is 7.05. The summed E-state index contributed by atoms with van der Waals surface area (Å²) in [5, 5.41) is 0. The molecule has 0 amide bonds. The predicted molar refractivity (Wildman–Crippen MR) is 143 cm³/mol. The van der Waals surface area contributed by atoms with Gasteiger partial charge < -0.3 is 0 Å². The summed E-state index contributed by atoms with van der Waals surface area (Å²) in [4.78, 5) is 5.22. The Morgan fingerprint density at radius 3 is 1.85 bits per heavy atom. The Kier molecular flexibility index (Phi) is 7.56. The smallest absolute Gasteiger partial charge is 0.123 e. The topological polar surface area (TPSA) is 12.9 Å². The van der Waals surface area contributed by atoms with Gasteiger partial charge in [-0.25, -0.2) is 4.39 Å². The molecule has 4 heteroatoms. The van der Waals surface area contributed by atoms with Crippen LogP contribution in [-0.4, -0.2) is 4.98 Å². The maximum absolute atomic E-state index is 13.7. The minimum Gasteiger partial charge on any atom is -0.256 e. The van der Waals surface area contributed by atoms with Crippen molar-refractivity contribution >= 4 is 37.9 Å². The zero-order valence-electron chi connectivity index (χ0n) is 18.5. The van der Waals surface area contributed by atoms with Crippen molar-refractivity contribution in [2.75, 3.05) is 0 Å². The maximum atomic E-state index is 13.7. The van der Waals surface area contributed by atoms with Crippen LogP contribution in [0.5, 0.6) is 0 Å². The molecule has 0 saturated heterocycles. The number of pyridine rings is 1. The second-order valence-corrected chi connectivity index (χ2v) is 11.0. The third-order valence-corrected chi connectivity index (χ3v) is 6.08. The lowest BCUT2D eigenvalue weighted by Gasteiger charge is -2.23. The lowest BCUT2D eigenvalue weighted by atomic mass is 9.85. The Morgan fingerprint density at radius 1 is 0.818 bits per heavy atom. The van der Waals surface area contributed by atoms with Crippen LogP contribution in [0.15, 0.2) is 94.4 Å². The van der Waals surface area contributed by atoms with Crippen LogP contribution in [-0.2, 0) is 0 Å². The molecule has 1 nitrogen and oxygen atoms in total. The predicted octanol–water partition coefficient (Wildman–Crippen LogP) is 9.28. The second-order valence-electron chi connectivity index (χ2n) is 8.24. The highest BCUT2D eigenvalue weighted by molar-refractivity contribution is 9.28. The van der Waals surface area contributed by atoms with Gasteiger partial charge in [-0.1, -0.05) is 86.6 Å². The van der Waals surface area contributed by atoms with Gasteiger partial charge in [-0.15, -0.1) is 0 Å². The van der Waals surface area contributed by atoms with Crippen LogP contribution in [0.4, 0.5) is 4.39 Å². The molecule has 0 aliphatic rings. The van der Waals surface area contributed by atoms with E-state index in [2.05, 4.69) is 100 Å². The molecule has 0 unspecified atom stereocenters. The van der Waals surface area contributed by atoms with Gasteiger partial charge in [-0.2, -0.15) is 0 Å². The molecule has 3 aromatic carbocycles. The Morgan fingerprint density at radius 2 is 1.36 bits per heavy atom. The van der Waals surface area contributed by atoms with Crippen LogP contribution in [0.3, 0.4) is 0 Å². The van der Waals surface area contributed by atoms with Crippen molar-refractivity contribution in [2.24, 2.45) is 0 Å². The molecule has 0 bridgehead atoms. The highest BCUT2D eigenvalue weighted by atomic mass is 79.9. The molecule has 0 saturated carbocycles. The highest BCUT2D eigenvalue weighted by Gasteiger charge is 2.23. The van der Waals surface area contributed by atoms with Crippen molar-refractivity contribution in [3.63, 3.8) is 0 Å². The lowest BCUT2D eigenvalue weighted by Crippen LogP contribution is -2.10. The summed E-state index contributed by atoms with van der Waals surface area (Å²) in [6.07, 6.45) is 2.03. The molecule has 33 heavy (non-hydrogen) atoms. The van der Waals surface area contributed by atoms with Crippen molar-refractivity contribution in [2.45, 2.75) is 25.7 Å². The maximum Gasteiger partial charge on any atom is 0.123 e. The van der Waals surface area contributed by atoms with Crippen LogP contribution in [0.2, 0.25) is 0 Å². The first-order valence-corrected chi connectivity index (χ1v) is 12.5. The fraction of sp³-hybridized carbons (Fsp3) is 0.138. The molecule has 0 atom stereocenters. The standard InChI is InChI=1S/C29H24Br2FN/c1-19(2)29-25(18-27(30)31)24(20-13-15-23(32)16-14-20)17-26(33-29)28(21-9-5-3-6-10-21)22-11-7-4-8-12-22/h3-19,28H,1-2H3. The molecule has 0 aliphatic heterocycles. The molecule has 4 aromatic rings. The SMILES string of the molecule is CC(C)c1nc(C(c2ccccc2)c2ccccc2)cc(-c2ccc(F)cc2)c1C=C(Br)Br. The summed E-state index contributed by atoms with van der Waals surface area (Å²) in [6, 6.07) is 29.7. The van der Waals surface area contributed by atoms with Gasteiger partial charge in [0.25, 0.3) is 0 Å². The normalized spacial score (nSPS) is 11.1. The largest absolute Gasteiger partial charge is 0.256 e. The number of nitrogens with zero attached hydrogens (tertiary/aromatic N) is 1. The van der Waals surface area contributed by atoms with Crippen LogP contribution >= 0.6 is 31.9 Å². The van der Waals surface area contributed by atoms with E-state index in [0.717, 1.165) is 31.5 Å². The molecule has 0 N–H and O–H groups in total. The van der Waals surface area contributed by atoms with Crippen LogP contribution < -0.4 is 0 Å². The number of hydrogen-bond acceptors (Lipinski definition) is 1. The van der Waals surface area contributed by atoms with E-state index in [1.807, 2.05) is 30.3 Å². The Bertz CT molecular complexity index is 1210. The molecule has 4 rings (SSSR count). The first kappa shape index (κ1) is 23.6. The monoisotopic (exact) mass is 563 g/mol. The fourth-order valence-electron chi connectivity index (χ4n) is 4.14. The molecule has 1 heterocycles. The summed E-state index contributed by atoms with van der Waals surface area (Å²) in [5.74, 6) is -0.0705. The summed E-state index contributed by atoms with van der Waals surface area (Å²) in [5.41, 5.74) is 7.33. The van der Waals surface area contributed by atoms with E-state index in [4.69, 9.17) is 4.98 Å². The molecule has 0 fully saturated rings. The van der Waals surface area contributed by atoms with Gasteiger partial charge in [0.05, 0.1) is 20.7 Å². The quantitative estimate of drug-likeness (QED) is 0.227.